The molecule has 0 atom stereocenters. The molecule has 35 heavy (non-hydrogen) atoms. The van der Waals surface area contributed by atoms with E-state index in [1.54, 1.807) is 42.5 Å². The quantitative estimate of drug-likeness (QED) is 0.352. The number of halogens is 3. The van der Waals surface area contributed by atoms with Crippen molar-refractivity contribution in [2.45, 2.75) is 6.18 Å². The fraction of sp³-hybridized carbons (Fsp3) is 0.120. The van der Waals surface area contributed by atoms with Crippen LogP contribution in [0, 0.1) is 0 Å². The minimum Gasteiger partial charge on any atom is -0.497 e. The molecule has 180 valence electrons. The van der Waals surface area contributed by atoms with E-state index in [1.165, 1.54) is 14.2 Å². The summed E-state index contributed by atoms with van der Waals surface area (Å²) in [5.74, 6) is -0.713. The van der Waals surface area contributed by atoms with Crippen molar-refractivity contribution in [2.75, 3.05) is 24.9 Å². The number of rotatable bonds is 6. The standard InChI is InChI=1S/C25H19F3N2O5/c1-33-16-11-12-18(20(13-16)34-2)29-24(32)22-21(17-5-3-4-6-19(17)35-22)30-23(31)14-7-9-15(10-8-14)25(26,27)28/h3-13H,1-2H3,(H,29,32)(H,30,31). The van der Waals surface area contributed by atoms with Gasteiger partial charge < -0.3 is 24.5 Å². The van der Waals surface area contributed by atoms with E-state index < -0.39 is 23.6 Å². The van der Waals surface area contributed by atoms with Crippen LogP contribution in [0.2, 0.25) is 0 Å². The van der Waals surface area contributed by atoms with E-state index in [4.69, 9.17) is 13.9 Å². The van der Waals surface area contributed by atoms with Gasteiger partial charge in [-0.05, 0) is 48.5 Å². The van der Waals surface area contributed by atoms with E-state index in [0.29, 0.717) is 28.2 Å². The van der Waals surface area contributed by atoms with Gasteiger partial charge in [0.2, 0.25) is 5.76 Å². The molecule has 0 unspecified atom stereocenters. The van der Waals surface area contributed by atoms with Gasteiger partial charge in [0.05, 0.1) is 25.5 Å². The maximum absolute atomic E-state index is 13.1. The summed E-state index contributed by atoms with van der Waals surface area (Å²) in [4.78, 5) is 26.0. The zero-order valence-corrected chi connectivity index (χ0v) is 18.5. The second kappa shape index (κ2) is 9.41. The molecule has 0 bridgehead atoms. The molecule has 10 heteroatoms. The minimum atomic E-state index is -4.52. The second-order valence-corrected chi connectivity index (χ2v) is 7.35. The van der Waals surface area contributed by atoms with Gasteiger partial charge in [0.1, 0.15) is 22.8 Å². The van der Waals surface area contributed by atoms with Crippen molar-refractivity contribution < 1.29 is 36.7 Å². The van der Waals surface area contributed by atoms with Gasteiger partial charge in [-0.3, -0.25) is 9.59 Å². The Morgan fingerprint density at radius 2 is 1.57 bits per heavy atom. The van der Waals surface area contributed by atoms with Gasteiger partial charge in [-0.2, -0.15) is 13.2 Å². The SMILES string of the molecule is COc1ccc(NC(=O)c2oc3ccccc3c2NC(=O)c2ccc(C(F)(F)F)cc2)c(OC)c1. The highest BCUT2D eigenvalue weighted by Crippen LogP contribution is 2.34. The summed E-state index contributed by atoms with van der Waals surface area (Å²) in [5.41, 5.74) is -0.154. The third kappa shape index (κ3) is 4.91. The first-order valence-corrected chi connectivity index (χ1v) is 10.2. The Bertz CT molecular complexity index is 1390. The Balaban J connectivity index is 1.66. The highest BCUT2D eigenvalue weighted by atomic mass is 19.4. The van der Waals surface area contributed by atoms with E-state index in [-0.39, 0.29) is 17.0 Å². The van der Waals surface area contributed by atoms with E-state index in [0.717, 1.165) is 24.3 Å². The Hall–Kier alpha value is -4.47. The van der Waals surface area contributed by atoms with Crippen molar-refractivity contribution in [1.82, 2.24) is 0 Å². The number of alkyl halides is 3. The molecule has 4 aromatic rings. The smallest absolute Gasteiger partial charge is 0.416 e. The zero-order valence-electron chi connectivity index (χ0n) is 18.5. The predicted octanol–water partition coefficient (Wildman–Crippen LogP) is 5.97. The number of methoxy groups -OCH3 is 2. The van der Waals surface area contributed by atoms with Crippen LogP contribution in [0.5, 0.6) is 11.5 Å². The number of nitrogens with one attached hydrogen (secondary N) is 2. The van der Waals surface area contributed by atoms with Gasteiger partial charge in [-0.15, -0.1) is 0 Å². The normalized spacial score (nSPS) is 11.2. The Labute approximate surface area is 197 Å². The van der Waals surface area contributed by atoms with Gasteiger partial charge in [-0.1, -0.05) is 12.1 Å². The number of anilines is 2. The highest BCUT2D eigenvalue weighted by molar-refractivity contribution is 6.17. The van der Waals surface area contributed by atoms with Crippen molar-refractivity contribution in [3.8, 4) is 11.5 Å². The lowest BCUT2D eigenvalue weighted by atomic mass is 10.1. The molecule has 2 amide bonds. The molecule has 0 aliphatic rings. The molecule has 0 radical (unpaired) electrons. The number of carbonyl (C=O) groups is 2. The van der Waals surface area contributed by atoms with Gasteiger partial charge in [0, 0.05) is 17.0 Å². The molecule has 0 saturated heterocycles. The number of hydrogen-bond donors (Lipinski definition) is 2. The lowest BCUT2D eigenvalue weighted by molar-refractivity contribution is -0.137. The lowest BCUT2D eigenvalue weighted by Gasteiger charge is -2.12. The molecule has 4 rings (SSSR count). The van der Waals surface area contributed by atoms with Gasteiger partial charge >= 0.3 is 6.18 Å². The average molecular weight is 484 g/mol. The van der Waals surface area contributed by atoms with Crippen molar-refractivity contribution in [2.24, 2.45) is 0 Å². The van der Waals surface area contributed by atoms with Crippen LogP contribution >= 0.6 is 0 Å². The summed E-state index contributed by atoms with van der Waals surface area (Å²) in [5, 5.41) is 5.72. The summed E-state index contributed by atoms with van der Waals surface area (Å²) in [6, 6.07) is 15.2. The van der Waals surface area contributed by atoms with Crippen LogP contribution in [0.3, 0.4) is 0 Å². The van der Waals surface area contributed by atoms with Crippen molar-refractivity contribution in [1.29, 1.82) is 0 Å². The Morgan fingerprint density at radius 3 is 2.23 bits per heavy atom. The van der Waals surface area contributed by atoms with Crippen LogP contribution in [-0.4, -0.2) is 26.0 Å². The van der Waals surface area contributed by atoms with Crippen LogP contribution in [0.25, 0.3) is 11.0 Å². The summed E-state index contributed by atoms with van der Waals surface area (Å²) < 4.78 is 54.7. The van der Waals surface area contributed by atoms with Gasteiger partial charge in [0.25, 0.3) is 11.8 Å². The van der Waals surface area contributed by atoms with Gasteiger partial charge in [-0.25, -0.2) is 0 Å². The summed E-state index contributed by atoms with van der Waals surface area (Å²) in [7, 11) is 2.92. The van der Waals surface area contributed by atoms with Crippen LogP contribution in [-0.2, 0) is 6.18 Å². The highest BCUT2D eigenvalue weighted by Gasteiger charge is 2.30. The number of hydrogen-bond acceptors (Lipinski definition) is 5. The fourth-order valence-electron chi connectivity index (χ4n) is 3.41. The summed E-state index contributed by atoms with van der Waals surface area (Å²) in [6.07, 6.45) is -4.52. The number of ether oxygens (including phenoxy) is 2. The molecular weight excluding hydrogens is 465 g/mol. The first-order chi connectivity index (χ1) is 16.7. The zero-order chi connectivity index (χ0) is 25.2. The topological polar surface area (TPSA) is 89.8 Å². The Kier molecular flexibility index (Phi) is 6.37. The number of amides is 2. The third-order valence-electron chi connectivity index (χ3n) is 5.17. The van der Waals surface area contributed by atoms with Crippen molar-refractivity contribution in [3.63, 3.8) is 0 Å². The molecular formula is C25H19F3N2O5. The second-order valence-electron chi connectivity index (χ2n) is 7.35. The van der Waals surface area contributed by atoms with E-state index in [2.05, 4.69) is 10.6 Å². The van der Waals surface area contributed by atoms with Crippen LogP contribution in [0.1, 0.15) is 26.5 Å². The Morgan fingerprint density at radius 1 is 0.857 bits per heavy atom. The number of furan rings is 1. The maximum Gasteiger partial charge on any atom is 0.416 e. The largest absolute Gasteiger partial charge is 0.497 e. The minimum absolute atomic E-state index is 0.0218. The van der Waals surface area contributed by atoms with Crippen molar-refractivity contribution >= 4 is 34.2 Å². The molecule has 0 spiro atoms. The number of para-hydroxylation sites is 1. The third-order valence-corrected chi connectivity index (χ3v) is 5.17. The van der Waals surface area contributed by atoms with Crippen LogP contribution in [0.15, 0.2) is 71.1 Å². The predicted molar refractivity (Wildman–Crippen MR) is 123 cm³/mol. The summed E-state index contributed by atoms with van der Waals surface area (Å²) >= 11 is 0. The number of carbonyl (C=O) groups excluding carboxylic acids is 2. The molecule has 0 fully saturated rings. The molecule has 3 aromatic carbocycles. The molecule has 0 aliphatic heterocycles. The molecule has 7 nitrogen and oxygen atoms in total. The fourth-order valence-corrected chi connectivity index (χ4v) is 3.41. The van der Waals surface area contributed by atoms with Crippen LogP contribution in [0.4, 0.5) is 24.5 Å². The maximum atomic E-state index is 13.1. The van der Waals surface area contributed by atoms with Crippen molar-refractivity contribution in [3.05, 3.63) is 83.6 Å². The summed E-state index contributed by atoms with van der Waals surface area (Å²) in [6.45, 7) is 0. The lowest BCUT2D eigenvalue weighted by Crippen LogP contribution is -2.17. The van der Waals surface area contributed by atoms with Crippen LogP contribution < -0.4 is 20.1 Å². The van der Waals surface area contributed by atoms with Gasteiger partial charge in [0.15, 0.2) is 0 Å². The molecule has 0 aliphatic carbocycles. The monoisotopic (exact) mass is 484 g/mol. The average Bonchev–Trinajstić information content (AvgIpc) is 3.22. The number of benzene rings is 3. The first kappa shape index (κ1) is 23.7. The number of fused-ring (bicyclic) bond motifs is 1. The molecule has 1 heterocycles. The first-order valence-electron chi connectivity index (χ1n) is 10.2. The van der Waals surface area contributed by atoms with E-state index >= 15 is 0 Å². The molecule has 0 saturated carbocycles. The van der Waals surface area contributed by atoms with E-state index in [9.17, 15) is 22.8 Å². The van der Waals surface area contributed by atoms with E-state index in [1.807, 2.05) is 0 Å². The molecule has 2 N–H and O–H groups in total. The molecule has 1 aromatic heterocycles.